The summed E-state index contributed by atoms with van der Waals surface area (Å²) in [6.45, 7) is -0.0716. The van der Waals surface area contributed by atoms with Gasteiger partial charge in [-0.2, -0.15) is 0 Å². The van der Waals surface area contributed by atoms with Gasteiger partial charge in [-0.1, -0.05) is 46.4 Å². The summed E-state index contributed by atoms with van der Waals surface area (Å²) in [5.41, 5.74) is 1.17. The summed E-state index contributed by atoms with van der Waals surface area (Å²) in [7, 11) is 0. The normalized spacial score (nSPS) is 11.6. The topological polar surface area (TPSA) is 86.7 Å². The molecule has 0 unspecified atom stereocenters. The Hall–Kier alpha value is -2.06. The fourth-order valence-electron chi connectivity index (χ4n) is 2.25. The zero-order chi connectivity index (χ0) is 19.8. The number of hydrogen-bond acceptors (Lipinski definition) is 5. The van der Waals surface area contributed by atoms with Crippen molar-refractivity contribution in [3.05, 3.63) is 74.7 Å². The van der Waals surface area contributed by atoms with Gasteiger partial charge >= 0.3 is 5.97 Å². The van der Waals surface area contributed by atoms with Gasteiger partial charge in [0, 0.05) is 30.1 Å². The number of nitrogens with zero attached hydrogens (tertiary/aromatic N) is 3. The van der Waals surface area contributed by atoms with E-state index in [0.717, 1.165) is 0 Å². The number of alkyl halides is 3. The van der Waals surface area contributed by atoms with Crippen LogP contribution in [0.25, 0.3) is 5.65 Å². The van der Waals surface area contributed by atoms with Crippen molar-refractivity contribution < 1.29 is 14.5 Å². The smallest absolute Gasteiger partial charge is 0.358 e. The molecule has 0 saturated heterocycles. The van der Waals surface area contributed by atoms with Crippen LogP contribution in [0, 0.1) is 10.1 Å². The highest BCUT2D eigenvalue weighted by atomic mass is 35.6. The molecule has 0 saturated carbocycles. The third-order valence-corrected chi connectivity index (χ3v) is 4.49. The van der Waals surface area contributed by atoms with Crippen molar-refractivity contribution in [3.63, 3.8) is 0 Å². The summed E-state index contributed by atoms with van der Waals surface area (Å²) in [4.78, 5) is 26.5. The van der Waals surface area contributed by atoms with Gasteiger partial charge in [0.25, 0.3) is 5.69 Å². The Labute approximate surface area is 172 Å². The number of halogens is 4. The van der Waals surface area contributed by atoms with Crippen molar-refractivity contribution in [2.75, 3.05) is 0 Å². The minimum absolute atomic E-state index is 0.0141. The Balaban J connectivity index is 1.77. The molecular formula is C16H9Cl4N3O4. The number of nitro benzene ring substituents is 1. The van der Waals surface area contributed by atoms with Gasteiger partial charge in [-0.05, 0) is 23.8 Å². The summed E-state index contributed by atoms with van der Waals surface area (Å²) in [6, 6.07) is 7.10. The van der Waals surface area contributed by atoms with Crippen molar-refractivity contribution >= 4 is 63.7 Å². The molecule has 0 aliphatic carbocycles. The number of aromatic nitrogens is 2. The van der Waals surface area contributed by atoms with Crippen LogP contribution in [-0.2, 0) is 15.1 Å². The molecule has 0 radical (unpaired) electrons. The van der Waals surface area contributed by atoms with E-state index in [-0.39, 0.29) is 23.0 Å². The Kier molecular flexibility index (Phi) is 5.48. The van der Waals surface area contributed by atoms with E-state index in [2.05, 4.69) is 4.98 Å². The van der Waals surface area contributed by atoms with E-state index in [0.29, 0.717) is 16.8 Å². The van der Waals surface area contributed by atoms with Crippen LogP contribution in [0.5, 0.6) is 0 Å². The van der Waals surface area contributed by atoms with Crippen LogP contribution in [-0.4, -0.2) is 20.3 Å². The molecule has 140 valence electrons. The molecule has 3 rings (SSSR count). The maximum absolute atomic E-state index is 12.2. The minimum Gasteiger partial charge on any atom is -0.456 e. The van der Waals surface area contributed by atoms with E-state index in [9.17, 15) is 14.9 Å². The molecule has 0 aliphatic rings. The maximum Gasteiger partial charge on any atom is 0.358 e. The average Bonchev–Trinajstić information content (AvgIpc) is 3.04. The van der Waals surface area contributed by atoms with E-state index >= 15 is 0 Å². The molecule has 2 heterocycles. The van der Waals surface area contributed by atoms with Crippen molar-refractivity contribution in [1.29, 1.82) is 0 Å². The highest BCUT2D eigenvalue weighted by Gasteiger charge is 2.25. The van der Waals surface area contributed by atoms with Crippen LogP contribution < -0.4 is 0 Å². The van der Waals surface area contributed by atoms with E-state index in [4.69, 9.17) is 51.1 Å². The summed E-state index contributed by atoms with van der Waals surface area (Å²) in [5.74, 6) is -0.691. The molecule has 11 heteroatoms. The predicted molar refractivity (Wildman–Crippen MR) is 102 cm³/mol. The molecule has 0 spiro atoms. The number of rotatable bonds is 4. The molecule has 0 aliphatic heterocycles. The van der Waals surface area contributed by atoms with Crippen LogP contribution in [0.15, 0.2) is 42.7 Å². The molecule has 0 bridgehead atoms. The number of carbonyl (C=O) groups is 1. The molecule has 1 aromatic carbocycles. The van der Waals surface area contributed by atoms with Crippen molar-refractivity contribution in [3.8, 4) is 0 Å². The fourth-order valence-corrected chi connectivity index (χ4v) is 2.81. The largest absolute Gasteiger partial charge is 0.456 e. The number of nitro groups is 1. The van der Waals surface area contributed by atoms with Gasteiger partial charge < -0.3 is 9.14 Å². The second kappa shape index (κ2) is 7.52. The van der Waals surface area contributed by atoms with Crippen LogP contribution >= 0.6 is 46.4 Å². The standard InChI is InChI=1S/C16H9Cl4N3O4/c17-12-5-10(16(18,19)20)6-22-7-13(21-14(12)22)15(24)27-8-9-1-3-11(4-2-9)23(25)26/h1-7H,8H2. The van der Waals surface area contributed by atoms with E-state index in [1.165, 1.54) is 47.1 Å². The maximum atomic E-state index is 12.2. The number of benzene rings is 1. The third-order valence-electron chi connectivity index (χ3n) is 3.56. The zero-order valence-electron chi connectivity index (χ0n) is 13.2. The van der Waals surface area contributed by atoms with Gasteiger partial charge in [0.2, 0.25) is 3.79 Å². The van der Waals surface area contributed by atoms with Crippen molar-refractivity contribution in [2.24, 2.45) is 0 Å². The highest BCUT2D eigenvalue weighted by molar-refractivity contribution is 6.66. The van der Waals surface area contributed by atoms with Crippen LogP contribution in [0.2, 0.25) is 5.02 Å². The summed E-state index contributed by atoms with van der Waals surface area (Å²) >= 11 is 23.7. The fraction of sp³-hybridized carbons (Fsp3) is 0.125. The van der Waals surface area contributed by atoms with Crippen LogP contribution in [0.1, 0.15) is 21.6 Å². The second-order valence-electron chi connectivity index (χ2n) is 5.43. The minimum atomic E-state index is -1.68. The van der Waals surface area contributed by atoms with Gasteiger partial charge in [-0.15, -0.1) is 0 Å². The second-order valence-corrected chi connectivity index (χ2v) is 8.12. The van der Waals surface area contributed by atoms with Gasteiger partial charge in [0.05, 0.1) is 9.95 Å². The Morgan fingerprint density at radius 3 is 2.48 bits per heavy atom. The molecule has 0 amide bonds. The van der Waals surface area contributed by atoms with Gasteiger partial charge in [0.1, 0.15) is 6.61 Å². The lowest BCUT2D eigenvalue weighted by molar-refractivity contribution is -0.384. The quantitative estimate of drug-likeness (QED) is 0.240. The predicted octanol–water partition coefficient (Wildman–Crippen LogP) is 5.08. The first-order valence-corrected chi connectivity index (χ1v) is 8.82. The Bertz CT molecular complexity index is 1030. The number of imidazole rings is 1. The number of fused-ring (bicyclic) bond motifs is 1. The molecule has 0 atom stereocenters. The molecule has 7 nitrogen and oxygen atoms in total. The number of ether oxygens (including phenoxy) is 1. The van der Waals surface area contributed by atoms with Gasteiger partial charge in [0.15, 0.2) is 11.3 Å². The van der Waals surface area contributed by atoms with Crippen LogP contribution in [0.4, 0.5) is 5.69 Å². The monoisotopic (exact) mass is 447 g/mol. The molecule has 3 aromatic rings. The molecule has 2 aromatic heterocycles. The SMILES string of the molecule is O=C(OCc1ccc([N+](=O)[O-])cc1)c1cn2cc(C(Cl)(Cl)Cl)cc(Cl)c2n1. The number of carbonyl (C=O) groups excluding carboxylic acids is 1. The number of non-ortho nitro benzene ring substituents is 1. The number of hydrogen-bond donors (Lipinski definition) is 0. The van der Waals surface area contributed by atoms with Crippen LogP contribution in [0.3, 0.4) is 0 Å². The van der Waals surface area contributed by atoms with E-state index in [1.807, 2.05) is 0 Å². The Morgan fingerprint density at radius 1 is 1.22 bits per heavy atom. The molecular weight excluding hydrogens is 440 g/mol. The van der Waals surface area contributed by atoms with Crippen molar-refractivity contribution in [1.82, 2.24) is 9.38 Å². The van der Waals surface area contributed by atoms with Gasteiger partial charge in [-0.25, -0.2) is 9.78 Å². The summed E-state index contributed by atoms with van der Waals surface area (Å²) < 4.78 is 4.95. The van der Waals surface area contributed by atoms with Gasteiger partial charge in [-0.3, -0.25) is 10.1 Å². The third kappa shape index (κ3) is 4.44. The lowest BCUT2D eigenvalue weighted by Crippen LogP contribution is -2.05. The summed E-state index contributed by atoms with van der Waals surface area (Å²) in [5, 5.41) is 10.8. The highest BCUT2D eigenvalue weighted by Crippen LogP contribution is 2.39. The lowest BCUT2D eigenvalue weighted by atomic mass is 10.2. The summed E-state index contributed by atoms with van der Waals surface area (Å²) in [6.07, 6.45) is 2.90. The van der Waals surface area contributed by atoms with Crippen molar-refractivity contribution in [2.45, 2.75) is 10.4 Å². The molecule has 0 N–H and O–H groups in total. The average molecular weight is 449 g/mol. The first-order valence-electron chi connectivity index (χ1n) is 7.31. The van der Waals surface area contributed by atoms with E-state index < -0.39 is 14.7 Å². The zero-order valence-corrected chi connectivity index (χ0v) is 16.3. The lowest BCUT2D eigenvalue weighted by Gasteiger charge is -2.11. The molecule has 27 heavy (non-hydrogen) atoms. The first kappa shape index (κ1) is 19.7. The number of esters is 1. The Morgan fingerprint density at radius 2 is 1.89 bits per heavy atom. The molecule has 0 fully saturated rings. The van der Waals surface area contributed by atoms with E-state index in [1.54, 1.807) is 0 Å². The number of pyridine rings is 1. The first-order chi connectivity index (χ1) is 12.6.